The lowest BCUT2D eigenvalue weighted by Gasteiger charge is -2.47. The molecule has 1 saturated carbocycles. The second kappa shape index (κ2) is 18.0. The molecule has 14 nitrogen and oxygen atoms in total. The van der Waals surface area contributed by atoms with Gasteiger partial charge in [0.25, 0.3) is 11.8 Å². The van der Waals surface area contributed by atoms with Crippen molar-refractivity contribution in [2.24, 2.45) is 0 Å². The molecule has 0 bridgehead atoms. The highest BCUT2D eigenvalue weighted by atomic mass is 35.5. The molecule has 5 aromatic rings. The van der Waals surface area contributed by atoms with Crippen LogP contribution in [0.1, 0.15) is 106 Å². The van der Waals surface area contributed by atoms with Gasteiger partial charge in [-0.2, -0.15) is 5.10 Å². The van der Waals surface area contributed by atoms with Crippen LogP contribution >= 0.6 is 23.2 Å². The van der Waals surface area contributed by atoms with Crippen molar-refractivity contribution < 1.29 is 33.2 Å². The Morgan fingerprint density at radius 3 is 2.51 bits per heavy atom. The quantitative estimate of drug-likeness (QED) is 0.0623. The van der Waals surface area contributed by atoms with Crippen molar-refractivity contribution in [2.75, 3.05) is 17.2 Å². The summed E-state index contributed by atoms with van der Waals surface area (Å²) >= 11 is 12.8. The summed E-state index contributed by atoms with van der Waals surface area (Å²) in [5.74, 6) is 2.43. The highest BCUT2D eigenvalue weighted by Crippen LogP contribution is 2.63. The van der Waals surface area contributed by atoms with Crippen LogP contribution in [0.4, 0.5) is 15.8 Å². The normalized spacial score (nSPS) is 22.3. The fraction of sp³-hybridized carbons (Fsp3) is 0.314. The second-order valence-electron chi connectivity index (χ2n) is 18.0. The molecule has 2 saturated heterocycles. The summed E-state index contributed by atoms with van der Waals surface area (Å²) in [6.07, 6.45) is 8.23. The summed E-state index contributed by atoms with van der Waals surface area (Å²) in [5, 5.41) is 19.6. The number of carbonyl (C=O) groups excluding carboxylic acids is 6. The van der Waals surface area contributed by atoms with E-state index >= 15 is 4.39 Å². The summed E-state index contributed by atoms with van der Waals surface area (Å²) in [6, 6.07) is 19.9. The van der Waals surface area contributed by atoms with Crippen molar-refractivity contribution in [3.8, 4) is 11.8 Å². The van der Waals surface area contributed by atoms with E-state index < -0.39 is 46.6 Å². The van der Waals surface area contributed by atoms with Gasteiger partial charge in [0.05, 0.1) is 22.8 Å². The lowest BCUT2D eigenvalue weighted by Crippen LogP contribution is -2.60. The number of aryl methyl sites for hydroxylation is 1. The first-order chi connectivity index (χ1) is 32.9. The summed E-state index contributed by atoms with van der Waals surface area (Å²) in [6.45, 7) is 1.08. The zero-order valence-corrected chi connectivity index (χ0v) is 38.1. The third-order valence-corrected chi connectivity index (χ3v) is 14.7. The van der Waals surface area contributed by atoms with Gasteiger partial charge in [-0.3, -0.25) is 44.1 Å². The molecule has 10 rings (SSSR count). The van der Waals surface area contributed by atoms with Crippen molar-refractivity contribution in [1.82, 2.24) is 30.6 Å². The smallest absolute Gasteiger partial charge is 0.255 e. The standard InChI is InChI=1S/C51H45Cl2FN8O6/c52-32-15-18-37-39(25-32)58-49(68)51(37)42(35-9-5-10-38(53)43(35)54)44(60-50(51)21-2-1-3-22-50)47(66)57-33-16-13-31(14-17-33)45(64)55-23-6-24-61-27-29(26-56-61)11-12-30-7-4-8-34-36(30)28-62(48(34)67)40-19-20-41(63)59-46(40)65/h4-5,7-10,13-18,25-27,40,42,44,60H,1-3,6,19-24,28H2,(H,55,64)(H,57,66)(H,58,68)(H,59,63,65)/t40?,42-,44+,51+/m0/s1. The van der Waals surface area contributed by atoms with Crippen LogP contribution in [0.25, 0.3) is 0 Å². The third-order valence-electron chi connectivity index (χ3n) is 14.1. The first-order valence-corrected chi connectivity index (χ1v) is 23.5. The Bertz CT molecular complexity index is 3000. The fourth-order valence-electron chi connectivity index (χ4n) is 11.1. The maximum Gasteiger partial charge on any atom is 0.255 e. The maximum atomic E-state index is 16.3. The number of imide groups is 1. The van der Waals surface area contributed by atoms with Gasteiger partial charge in [-0.25, -0.2) is 4.39 Å². The lowest BCUT2D eigenvalue weighted by atomic mass is 9.55. The molecule has 4 aliphatic heterocycles. The summed E-state index contributed by atoms with van der Waals surface area (Å²) in [4.78, 5) is 81.2. The first kappa shape index (κ1) is 44.9. The van der Waals surface area contributed by atoms with E-state index in [1.807, 2.05) is 12.1 Å². The number of fused-ring (bicyclic) bond motifs is 4. The van der Waals surface area contributed by atoms with Crippen molar-refractivity contribution in [3.63, 3.8) is 0 Å². The van der Waals surface area contributed by atoms with Crippen molar-refractivity contribution >= 4 is 70.0 Å². The number of amides is 6. The Morgan fingerprint density at radius 1 is 0.926 bits per heavy atom. The molecule has 2 spiro atoms. The Morgan fingerprint density at radius 2 is 1.72 bits per heavy atom. The Hall–Kier alpha value is -6.86. The van der Waals surface area contributed by atoms with Crippen LogP contribution in [-0.4, -0.2) is 74.3 Å². The molecule has 346 valence electrons. The average Bonchev–Trinajstić information content (AvgIpc) is 4.08. The number of rotatable bonds is 9. The average molecular weight is 956 g/mol. The number of piperidine rings is 1. The van der Waals surface area contributed by atoms with Crippen LogP contribution in [0.2, 0.25) is 10.0 Å². The molecule has 3 fully saturated rings. The summed E-state index contributed by atoms with van der Waals surface area (Å²) in [7, 11) is 0. The summed E-state index contributed by atoms with van der Waals surface area (Å²) < 4.78 is 18.0. The minimum absolute atomic E-state index is 0.112. The molecule has 4 atom stereocenters. The van der Waals surface area contributed by atoms with Gasteiger partial charge in [0.1, 0.15) is 17.3 Å². The molecule has 0 radical (unpaired) electrons. The van der Waals surface area contributed by atoms with E-state index in [9.17, 15) is 28.8 Å². The molecular formula is C51H45Cl2FN8O6. The number of benzene rings is 4. The predicted molar refractivity (Wildman–Crippen MR) is 251 cm³/mol. The van der Waals surface area contributed by atoms with E-state index in [1.54, 1.807) is 77.7 Å². The van der Waals surface area contributed by atoms with Crippen LogP contribution in [0.3, 0.4) is 0 Å². The largest absolute Gasteiger partial charge is 0.352 e. The first-order valence-electron chi connectivity index (χ1n) is 22.7. The van der Waals surface area contributed by atoms with E-state index in [-0.39, 0.29) is 53.6 Å². The number of nitrogens with zero attached hydrogens (tertiary/aromatic N) is 3. The Balaban J connectivity index is 0.777. The fourth-order valence-corrected chi connectivity index (χ4v) is 11.4. The van der Waals surface area contributed by atoms with Crippen molar-refractivity contribution in [1.29, 1.82) is 0 Å². The molecular weight excluding hydrogens is 911 g/mol. The number of hydrogen-bond donors (Lipinski definition) is 5. The van der Waals surface area contributed by atoms with Gasteiger partial charge in [-0.1, -0.05) is 78.6 Å². The number of halogens is 3. The zero-order valence-electron chi connectivity index (χ0n) is 36.6. The van der Waals surface area contributed by atoms with E-state index in [1.165, 1.54) is 11.0 Å². The number of hydrogen-bond acceptors (Lipinski definition) is 8. The van der Waals surface area contributed by atoms with Crippen LogP contribution in [0.15, 0.2) is 91.3 Å². The van der Waals surface area contributed by atoms with E-state index in [2.05, 4.69) is 43.5 Å². The van der Waals surface area contributed by atoms with Gasteiger partial charge in [-0.15, -0.1) is 0 Å². The monoisotopic (exact) mass is 954 g/mol. The summed E-state index contributed by atoms with van der Waals surface area (Å²) in [5.41, 5.74) is 2.44. The lowest BCUT2D eigenvalue weighted by molar-refractivity contribution is -0.137. The van der Waals surface area contributed by atoms with Crippen molar-refractivity contribution in [2.45, 2.75) is 93.4 Å². The van der Waals surface area contributed by atoms with E-state index in [0.29, 0.717) is 76.6 Å². The number of carbonyl (C=O) groups is 6. The molecule has 5 aliphatic rings. The van der Waals surface area contributed by atoms with Gasteiger partial charge in [0.2, 0.25) is 23.6 Å². The van der Waals surface area contributed by atoms with Crippen LogP contribution in [0, 0.1) is 17.7 Å². The molecule has 6 amide bonds. The number of anilines is 2. The van der Waals surface area contributed by atoms with Crippen LogP contribution in [0.5, 0.6) is 0 Å². The highest BCUT2D eigenvalue weighted by Gasteiger charge is 2.72. The molecule has 1 aliphatic carbocycles. The molecule has 68 heavy (non-hydrogen) atoms. The van der Waals surface area contributed by atoms with Crippen LogP contribution in [-0.2, 0) is 37.7 Å². The molecule has 1 aromatic heterocycles. The van der Waals surface area contributed by atoms with E-state index in [0.717, 1.165) is 24.8 Å². The number of aromatic nitrogens is 2. The molecule has 5 heterocycles. The van der Waals surface area contributed by atoms with Crippen LogP contribution < -0.4 is 26.6 Å². The van der Waals surface area contributed by atoms with E-state index in [4.69, 9.17) is 23.2 Å². The predicted octanol–water partition coefficient (Wildman–Crippen LogP) is 6.60. The maximum absolute atomic E-state index is 16.3. The van der Waals surface area contributed by atoms with Crippen molar-refractivity contribution in [3.05, 3.63) is 146 Å². The van der Waals surface area contributed by atoms with Gasteiger partial charge in [0, 0.05) is 76.8 Å². The van der Waals surface area contributed by atoms with Gasteiger partial charge < -0.3 is 20.9 Å². The topological polar surface area (TPSA) is 184 Å². The molecule has 4 aromatic carbocycles. The van der Waals surface area contributed by atoms with Gasteiger partial charge in [-0.05, 0) is 97.0 Å². The molecule has 5 N–H and O–H groups in total. The third kappa shape index (κ3) is 7.80. The Labute approximate surface area is 400 Å². The highest BCUT2D eigenvalue weighted by molar-refractivity contribution is 6.31. The Kier molecular flexibility index (Phi) is 11.9. The minimum atomic E-state index is -1.37. The molecule has 1 unspecified atom stereocenters. The second-order valence-corrected chi connectivity index (χ2v) is 18.8. The van der Waals surface area contributed by atoms with Gasteiger partial charge in [0.15, 0.2) is 0 Å². The SMILES string of the molecule is O=C1CCC(N2Cc3c(C#Cc4cnn(CCCNC(=O)c5ccc(NC(=O)[C@@H]6NC7(CCCCC7)[C@@]7(C(=O)Nc8cc(Cl)ccc87)[C@H]6c6cccc(Cl)c6F)cc5)c4)cccc3C2=O)C(=O)N1. The van der Waals surface area contributed by atoms with Gasteiger partial charge >= 0.3 is 0 Å². The minimum Gasteiger partial charge on any atom is -0.352 e. The molecule has 17 heteroatoms. The number of nitrogens with one attached hydrogen (secondary N) is 5. The zero-order chi connectivity index (χ0) is 47.3.